The molecule has 3 aromatic rings. The van der Waals surface area contributed by atoms with Crippen LogP contribution < -0.4 is 5.32 Å². The van der Waals surface area contributed by atoms with E-state index >= 15 is 0 Å². The van der Waals surface area contributed by atoms with E-state index in [4.69, 9.17) is 4.52 Å². The maximum Gasteiger partial charge on any atom is 0.264 e. The zero-order valence-corrected chi connectivity index (χ0v) is 19.1. The molecule has 3 rings (SSSR count). The molecule has 1 N–H and O–H groups in total. The summed E-state index contributed by atoms with van der Waals surface area (Å²) >= 11 is 1.40. The van der Waals surface area contributed by atoms with Crippen LogP contribution in [0.25, 0.3) is 10.6 Å². The van der Waals surface area contributed by atoms with Crippen LogP contribution in [0.5, 0.6) is 0 Å². The molecule has 0 saturated carbocycles. The van der Waals surface area contributed by atoms with Crippen molar-refractivity contribution >= 4 is 17.2 Å². The number of rotatable bonds is 4. The zero-order valence-electron chi connectivity index (χ0n) is 18.3. The fourth-order valence-electron chi connectivity index (χ4n) is 2.95. The highest BCUT2D eigenvalue weighted by atomic mass is 32.1. The van der Waals surface area contributed by atoms with Gasteiger partial charge in [-0.3, -0.25) is 4.79 Å². The summed E-state index contributed by atoms with van der Waals surface area (Å²) in [4.78, 5) is 22.7. The van der Waals surface area contributed by atoms with E-state index in [0.717, 1.165) is 16.1 Å². The first-order valence-electron chi connectivity index (χ1n) is 9.61. The highest BCUT2D eigenvalue weighted by Crippen LogP contribution is 2.31. The smallest absolute Gasteiger partial charge is 0.264 e. The lowest BCUT2D eigenvalue weighted by molar-refractivity contribution is 0.0911. The van der Waals surface area contributed by atoms with Crippen LogP contribution in [0.2, 0.25) is 0 Å². The number of nitrogens with zero attached hydrogens (tertiary/aromatic N) is 3. The van der Waals surface area contributed by atoms with Crippen LogP contribution >= 0.6 is 11.3 Å². The molecule has 0 bridgehead atoms. The summed E-state index contributed by atoms with van der Waals surface area (Å²) in [6.07, 6.45) is 0. The van der Waals surface area contributed by atoms with Gasteiger partial charge >= 0.3 is 0 Å². The van der Waals surface area contributed by atoms with Crippen molar-refractivity contribution in [3.63, 3.8) is 0 Å². The number of carbonyl (C=O) groups excluding carboxylic acids is 1. The van der Waals surface area contributed by atoms with Crippen LogP contribution in [0.1, 0.15) is 72.8 Å². The Hall–Kier alpha value is -2.54. The topological polar surface area (TPSA) is 80.9 Å². The molecule has 0 aliphatic heterocycles. The standard InChI is InChI=1S/C22H28N4O2S/c1-12-9-10-15(13(2)11-12)18-23-14(3)16(29-18)17(27)25-22(7,8)19-24-20(28-26-19)21(4,5)6/h9-11H,1-8H3,(H,25,27). The van der Waals surface area contributed by atoms with E-state index in [2.05, 4.69) is 52.5 Å². The molecule has 0 atom stereocenters. The molecule has 154 valence electrons. The number of nitrogens with one attached hydrogen (secondary N) is 1. The number of amides is 1. The van der Waals surface area contributed by atoms with Gasteiger partial charge in [0.2, 0.25) is 5.89 Å². The second-order valence-electron chi connectivity index (χ2n) is 9.00. The number of thiazole rings is 1. The third kappa shape index (κ3) is 4.40. The molecule has 0 saturated heterocycles. The Morgan fingerprint density at radius 1 is 1.07 bits per heavy atom. The highest BCUT2D eigenvalue weighted by molar-refractivity contribution is 7.17. The van der Waals surface area contributed by atoms with Crippen molar-refractivity contribution in [2.75, 3.05) is 0 Å². The van der Waals surface area contributed by atoms with Crippen LogP contribution in [0.3, 0.4) is 0 Å². The van der Waals surface area contributed by atoms with Crippen molar-refractivity contribution in [1.29, 1.82) is 0 Å². The molecule has 0 radical (unpaired) electrons. The Morgan fingerprint density at radius 3 is 2.34 bits per heavy atom. The Bertz CT molecular complexity index is 1060. The minimum Gasteiger partial charge on any atom is -0.339 e. The van der Waals surface area contributed by atoms with Crippen molar-refractivity contribution in [3.05, 3.63) is 51.6 Å². The molecular formula is C22H28N4O2S. The third-order valence-electron chi connectivity index (χ3n) is 4.67. The molecule has 29 heavy (non-hydrogen) atoms. The van der Waals surface area contributed by atoms with Gasteiger partial charge in [0, 0.05) is 11.0 Å². The molecule has 0 aliphatic rings. The largest absolute Gasteiger partial charge is 0.339 e. The van der Waals surface area contributed by atoms with Gasteiger partial charge in [-0.25, -0.2) is 4.98 Å². The van der Waals surface area contributed by atoms with E-state index in [9.17, 15) is 4.79 Å². The summed E-state index contributed by atoms with van der Waals surface area (Å²) in [5.74, 6) is 0.802. The summed E-state index contributed by atoms with van der Waals surface area (Å²) in [5, 5.41) is 7.96. The van der Waals surface area contributed by atoms with Crippen molar-refractivity contribution in [2.24, 2.45) is 0 Å². The highest BCUT2D eigenvalue weighted by Gasteiger charge is 2.32. The van der Waals surface area contributed by atoms with Gasteiger partial charge in [0.05, 0.1) is 11.2 Å². The second kappa shape index (κ2) is 7.37. The first kappa shape index (κ1) is 21.2. The first-order valence-corrected chi connectivity index (χ1v) is 10.4. The number of hydrogen-bond donors (Lipinski definition) is 1. The average Bonchev–Trinajstić information content (AvgIpc) is 3.21. The molecule has 2 heterocycles. The van der Waals surface area contributed by atoms with Crippen LogP contribution in [0.4, 0.5) is 0 Å². The van der Waals surface area contributed by atoms with Crippen molar-refractivity contribution in [3.8, 4) is 10.6 Å². The molecule has 0 fully saturated rings. The lowest BCUT2D eigenvalue weighted by Gasteiger charge is -2.22. The lowest BCUT2D eigenvalue weighted by atomic mass is 9.97. The van der Waals surface area contributed by atoms with Crippen LogP contribution in [0.15, 0.2) is 22.7 Å². The SMILES string of the molecule is Cc1ccc(-c2nc(C)c(C(=O)NC(C)(C)c3noc(C(C)(C)C)n3)s2)c(C)c1. The van der Waals surface area contributed by atoms with Gasteiger partial charge in [0.15, 0.2) is 5.82 Å². The average molecular weight is 413 g/mol. The minimum absolute atomic E-state index is 0.192. The Morgan fingerprint density at radius 2 is 1.76 bits per heavy atom. The normalized spacial score (nSPS) is 12.3. The van der Waals surface area contributed by atoms with Crippen molar-refractivity contribution in [2.45, 2.75) is 66.3 Å². The summed E-state index contributed by atoms with van der Waals surface area (Å²) in [6.45, 7) is 15.7. The maximum absolute atomic E-state index is 13.0. The molecule has 1 amide bonds. The number of carbonyl (C=O) groups is 1. The predicted molar refractivity (Wildman–Crippen MR) is 115 cm³/mol. The summed E-state index contributed by atoms with van der Waals surface area (Å²) in [5.41, 5.74) is 3.08. The minimum atomic E-state index is -0.777. The van der Waals surface area contributed by atoms with Gasteiger partial charge in [-0.2, -0.15) is 4.98 Å². The molecule has 1 aromatic carbocycles. The van der Waals surface area contributed by atoms with Crippen molar-refractivity contribution < 1.29 is 9.32 Å². The first-order chi connectivity index (χ1) is 13.4. The molecule has 2 aromatic heterocycles. The summed E-state index contributed by atoms with van der Waals surface area (Å²) in [7, 11) is 0. The third-order valence-corrected chi connectivity index (χ3v) is 5.86. The van der Waals surface area contributed by atoms with Gasteiger partial charge in [-0.1, -0.05) is 49.7 Å². The number of hydrogen-bond acceptors (Lipinski definition) is 6. The van der Waals surface area contributed by atoms with E-state index in [1.165, 1.54) is 16.9 Å². The van der Waals surface area contributed by atoms with Crippen molar-refractivity contribution in [1.82, 2.24) is 20.4 Å². The van der Waals surface area contributed by atoms with E-state index in [1.54, 1.807) is 0 Å². The number of aromatic nitrogens is 3. The lowest BCUT2D eigenvalue weighted by Crippen LogP contribution is -2.41. The zero-order chi connectivity index (χ0) is 21.6. The molecule has 0 spiro atoms. The van der Waals surface area contributed by atoms with Gasteiger partial charge in [-0.15, -0.1) is 11.3 Å². The van der Waals surface area contributed by atoms with E-state index in [-0.39, 0.29) is 11.3 Å². The summed E-state index contributed by atoms with van der Waals surface area (Å²) < 4.78 is 5.39. The van der Waals surface area contributed by atoms with E-state index in [0.29, 0.717) is 22.3 Å². The molecular weight excluding hydrogens is 384 g/mol. The predicted octanol–water partition coefficient (Wildman–Crippen LogP) is 5.08. The molecule has 0 unspecified atom stereocenters. The molecule has 7 heteroatoms. The Kier molecular flexibility index (Phi) is 5.38. The monoisotopic (exact) mass is 412 g/mol. The second-order valence-corrected chi connectivity index (χ2v) is 10.0. The molecule has 6 nitrogen and oxygen atoms in total. The Balaban J connectivity index is 1.85. The fourth-order valence-corrected chi connectivity index (χ4v) is 4.01. The van der Waals surface area contributed by atoms with Gasteiger partial charge in [0.1, 0.15) is 9.88 Å². The Labute approximate surface area is 175 Å². The number of aryl methyl sites for hydroxylation is 3. The van der Waals surface area contributed by atoms with Crippen LogP contribution in [-0.4, -0.2) is 21.0 Å². The molecule has 0 aliphatic carbocycles. The van der Waals surface area contributed by atoms with Gasteiger partial charge < -0.3 is 9.84 Å². The summed E-state index contributed by atoms with van der Waals surface area (Å²) in [6, 6.07) is 6.24. The fraction of sp³-hybridized carbons (Fsp3) is 0.455. The van der Waals surface area contributed by atoms with Gasteiger partial charge in [0.25, 0.3) is 5.91 Å². The van der Waals surface area contributed by atoms with Crippen LogP contribution in [0, 0.1) is 20.8 Å². The quantitative estimate of drug-likeness (QED) is 0.646. The van der Waals surface area contributed by atoms with E-state index < -0.39 is 5.54 Å². The van der Waals surface area contributed by atoms with Crippen LogP contribution in [-0.2, 0) is 11.0 Å². The maximum atomic E-state index is 13.0. The number of benzene rings is 1. The van der Waals surface area contributed by atoms with Gasteiger partial charge in [-0.05, 0) is 40.2 Å². The van der Waals surface area contributed by atoms with E-state index in [1.807, 2.05) is 41.5 Å².